The van der Waals surface area contributed by atoms with E-state index < -0.39 is 10.9 Å². The first kappa shape index (κ1) is 13.8. The molecule has 1 N–H and O–H groups in total. The molecule has 0 saturated carbocycles. The molecule has 0 amide bonds. The van der Waals surface area contributed by atoms with Gasteiger partial charge in [0.1, 0.15) is 11.5 Å². The Kier molecular flexibility index (Phi) is 3.86. The maximum atomic E-state index is 10.6. The van der Waals surface area contributed by atoms with Crippen molar-refractivity contribution in [1.29, 1.82) is 0 Å². The average molecular weight is 294 g/mol. The van der Waals surface area contributed by atoms with Crippen LogP contribution in [0.4, 0.5) is 5.69 Å². The van der Waals surface area contributed by atoms with Crippen LogP contribution in [0.15, 0.2) is 40.8 Å². The van der Waals surface area contributed by atoms with Gasteiger partial charge in [-0.2, -0.15) is 0 Å². The van der Waals surface area contributed by atoms with E-state index in [1.165, 1.54) is 24.3 Å². The molecular weight excluding hydrogens is 286 g/mol. The van der Waals surface area contributed by atoms with E-state index in [1.54, 1.807) is 12.1 Å². The summed E-state index contributed by atoms with van der Waals surface area (Å²) in [4.78, 5) is 20.5. The smallest absolute Gasteiger partial charge is 0.328 e. The molecule has 0 unspecified atom stereocenters. The van der Waals surface area contributed by atoms with Crippen LogP contribution in [-0.4, -0.2) is 16.0 Å². The number of carboxylic acid groups (broad SMARTS) is 1. The second kappa shape index (κ2) is 5.58. The molecule has 1 aromatic heterocycles. The van der Waals surface area contributed by atoms with E-state index in [1.807, 2.05) is 0 Å². The number of nitro groups is 1. The number of carbonyl (C=O) groups is 1. The van der Waals surface area contributed by atoms with Crippen LogP contribution in [0.1, 0.15) is 5.76 Å². The van der Waals surface area contributed by atoms with E-state index in [9.17, 15) is 14.9 Å². The molecule has 0 bridgehead atoms. The van der Waals surface area contributed by atoms with Crippen LogP contribution < -0.4 is 0 Å². The largest absolute Gasteiger partial charge is 0.478 e. The van der Waals surface area contributed by atoms with E-state index in [2.05, 4.69) is 0 Å². The third kappa shape index (κ3) is 3.04. The fourth-order valence-corrected chi connectivity index (χ4v) is 1.83. The highest BCUT2D eigenvalue weighted by atomic mass is 35.5. The van der Waals surface area contributed by atoms with Gasteiger partial charge < -0.3 is 9.52 Å². The Labute approximate surface area is 118 Å². The van der Waals surface area contributed by atoms with Crippen molar-refractivity contribution in [1.82, 2.24) is 0 Å². The second-order valence-electron chi connectivity index (χ2n) is 3.79. The topological polar surface area (TPSA) is 93.6 Å². The minimum Gasteiger partial charge on any atom is -0.478 e. The zero-order valence-corrected chi connectivity index (χ0v) is 10.7. The predicted molar refractivity (Wildman–Crippen MR) is 72.5 cm³/mol. The number of non-ortho nitro benzene ring substituents is 1. The molecule has 0 aliphatic carbocycles. The zero-order chi connectivity index (χ0) is 14.7. The molecular formula is C13H8ClNO5. The van der Waals surface area contributed by atoms with Gasteiger partial charge in [-0.1, -0.05) is 11.6 Å². The van der Waals surface area contributed by atoms with Crippen LogP contribution in [0.25, 0.3) is 17.4 Å². The number of carboxylic acids is 1. The van der Waals surface area contributed by atoms with Gasteiger partial charge in [-0.3, -0.25) is 10.1 Å². The molecule has 0 aliphatic rings. The number of halogens is 1. The molecule has 0 spiro atoms. The summed E-state index contributed by atoms with van der Waals surface area (Å²) in [7, 11) is 0. The van der Waals surface area contributed by atoms with E-state index in [4.69, 9.17) is 21.1 Å². The second-order valence-corrected chi connectivity index (χ2v) is 4.20. The van der Waals surface area contributed by atoms with Gasteiger partial charge in [-0.15, -0.1) is 0 Å². The Morgan fingerprint density at radius 3 is 2.70 bits per heavy atom. The lowest BCUT2D eigenvalue weighted by Crippen LogP contribution is -1.88. The number of furan rings is 1. The summed E-state index contributed by atoms with van der Waals surface area (Å²) in [5, 5.41) is 19.3. The van der Waals surface area contributed by atoms with Gasteiger partial charge in [0.05, 0.1) is 9.95 Å². The van der Waals surface area contributed by atoms with Crippen molar-refractivity contribution in [2.24, 2.45) is 0 Å². The zero-order valence-electron chi connectivity index (χ0n) is 9.95. The van der Waals surface area contributed by atoms with E-state index >= 15 is 0 Å². The first-order valence-electron chi connectivity index (χ1n) is 5.42. The lowest BCUT2D eigenvalue weighted by atomic mass is 10.1. The van der Waals surface area contributed by atoms with Gasteiger partial charge in [0.25, 0.3) is 5.69 Å². The normalized spacial score (nSPS) is 10.8. The van der Waals surface area contributed by atoms with Crippen molar-refractivity contribution in [2.75, 3.05) is 0 Å². The lowest BCUT2D eigenvalue weighted by molar-refractivity contribution is -0.384. The Morgan fingerprint density at radius 2 is 2.10 bits per heavy atom. The van der Waals surface area contributed by atoms with Crippen molar-refractivity contribution in [3.8, 4) is 11.3 Å². The molecule has 0 radical (unpaired) electrons. The number of benzene rings is 1. The summed E-state index contributed by atoms with van der Waals surface area (Å²) in [6.45, 7) is 0. The van der Waals surface area contributed by atoms with Crippen molar-refractivity contribution in [2.45, 2.75) is 0 Å². The Bertz CT molecular complexity index is 705. The first-order valence-corrected chi connectivity index (χ1v) is 5.80. The fraction of sp³-hybridized carbons (Fsp3) is 0. The number of rotatable bonds is 4. The summed E-state index contributed by atoms with van der Waals surface area (Å²) < 4.78 is 5.40. The third-order valence-electron chi connectivity index (χ3n) is 2.45. The Morgan fingerprint density at radius 1 is 1.35 bits per heavy atom. The van der Waals surface area contributed by atoms with Crippen LogP contribution in [0, 0.1) is 10.1 Å². The summed E-state index contributed by atoms with van der Waals surface area (Å²) >= 11 is 5.97. The fourth-order valence-electron chi connectivity index (χ4n) is 1.56. The highest BCUT2D eigenvalue weighted by molar-refractivity contribution is 6.33. The van der Waals surface area contributed by atoms with E-state index in [0.717, 1.165) is 6.08 Å². The maximum Gasteiger partial charge on any atom is 0.328 e. The van der Waals surface area contributed by atoms with Gasteiger partial charge in [0, 0.05) is 23.8 Å². The standard InChI is InChI=1S/C13H8ClNO5/c14-11-7-8(15(18)19)1-4-10(11)12-5-2-9(20-12)3-6-13(16)17/h1-7H,(H,16,17). The molecule has 102 valence electrons. The van der Waals surface area contributed by atoms with Crippen molar-refractivity contribution in [3.05, 3.63) is 57.3 Å². The van der Waals surface area contributed by atoms with Gasteiger partial charge in [-0.25, -0.2) is 4.79 Å². The van der Waals surface area contributed by atoms with E-state index in [0.29, 0.717) is 17.1 Å². The summed E-state index contributed by atoms with van der Waals surface area (Å²) in [6.07, 6.45) is 2.24. The van der Waals surface area contributed by atoms with E-state index in [-0.39, 0.29) is 10.7 Å². The minimum atomic E-state index is -1.09. The van der Waals surface area contributed by atoms with Gasteiger partial charge in [-0.05, 0) is 24.3 Å². The van der Waals surface area contributed by atoms with Crippen LogP contribution in [0.2, 0.25) is 5.02 Å². The van der Waals surface area contributed by atoms with Crippen LogP contribution >= 0.6 is 11.6 Å². The Hall–Kier alpha value is -2.60. The van der Waals surface area contributed by atoms with Crippen molar-refractivity contribution < 1.29 is 19.2 Å². The molecule has 6 nitrogen and oxygen atoms in total. The van der Waals surface area contributed by atoms with Crippen LogP contribution in [-0.2, 0) is 4.79 Å². The lowest BCUT2D eigenvalue weighted by Gasteiger charge is -2.00. The number of hydrogen-bond acceptors (Lipinski definition) is 4. The average Bonchev–Trinajstić information content (AvgIpc) is 2.84. The highest BCUT2D eigenvalue weighted by Gasteiger charge is 2.13. The van der Waals surface area contributed by atoms with Crippen molar-refractivity contribution >= 4 is 29.3 Å². The SMILES string of the molecule is O=C(O)C=Cc1ccc(-c2ccc([N+](=O)[O-])cc2Cl)o1. The van der Waals surface area contributed by atoms with Gasteiger partial charge in [0.2, 0.25) is 0 Å². The van der Waals surface area contributed by atoms with Gasteiger partial charge in [0.15, 0.2) is 0 Å². The first-order chi connectivity index (χ1) is 9.47. The molecule has 20 heavy (non-hydrogen) atoms. The molecule has 1 aromatic carbocycles. The van der Waals surface area contributed by atoms with Crippen molar-refractivity contribution in [3.63, 3.8) is 0 Å². The molecule has 0 fully saturated rings. The third-order valence-corrected chi connectivity index (χ3v) is 2.76. The highest BCUT2D eigenvalue weighted by Crippen LogP contribution is 2.32. The summed E-state index contributed by atoms with van der Waals surface area (Å²) in [5.41, 5.74) is 0.378. The molecule has 2 aromatic rings. The monoisotopic (exact) mass is 293 g/mol. The molecule has 1 heterocycles. The molecule has 0 saturated heterocycles. The molecule has 7 heteroatoms. The Balaban J connectivity index is 2.33. The van der Waals surface area contributed by atoms with Gasteiger partial charge >= 0.3 is 5.97 Å². The minimum absolute atomic E-state index is 0.115. The number of nitrogens with zero attached hydrogens (tertiary/aromatic N) is 1. The number of nitro benzene ring substituents is 1. The predicted octanol–water partition coefficient (Wildman–Crippen LogP) is 3.61. The molecule has 0 aliphatic heterocycles. The quantitative estimate of drug-likeness (QED) is 0.528. The molecule has 0 atom stereocenters. The number of hydrogen-bond donors (Lipinski definition) is 1. The van der Waals surface area contributed by atoms with Crippen LogP contribution in [0.5, 0.6) is 0 Å². The number of aliphatic carboxylic acids is 1. The summed E-state index contributed by atoms with van der Waals surface area (Å²) in [5.74, 6) is -0.344. The van der Waals surface area contributed by atoms with Crippen LogP contribution in [0.3, 0.4) is 0 Å². The maximum absolute atomic E-state index is 10.6. The summed E-state index contributed by atoms with van der Waals surface area (Å²) in [6, 6.07) is 7.20. The molecule has 2 rings (SSSR count).